The SMILES string of the molecule is CC(C)[C@@H]1CC[C@@H](C)C[C@H]1OC(=O)c1ccc2ccc3ccc4ccc5ccc(C(=O)O[C@@H]6C[C@H](C)CC[C@H]6C(C)C)cc5c4c3c2c1. The Hall–Kier alpha value is -3.92. The van der Waals surface area contributed by atoms with Crippen molar-refractivity contribution in [1.29, 1.82) is 0 Å². The van der Waals surface area contributed by atoms with Gasteiger partial charge in [-0.2, -0.15) is 0 Å². The summed E-state index contributed by atoms with van der Waals surface area (Å²) in [6.45, 7) is 13.5. The number of benzene rings is 5. The second-order valence-corrected chi connectivity index (χ2v) is 15.8. The van der Waals surface area contributed by atoms with E-state index < -0.39 is 0 Å². The van der Waals surface area contributed by atoms with E-state index in [1.165, 1.54) is 12.8 Å². The monoisotopic (exact) mass is 642 g/mol. The van der Waals surface area contributed by atoms with Gasteiger partial charge >= 0.3 is 11.9 Å². The second-order valence-electron chi connectivity index (χ2n) is 15.8. The van der Waals surface area contributed by atoms with Crippen LogP contribution >= 0.6 is 0 Å². The summed E-state index contributed by atoms with van der Waals surface area (Å²) in [6.07, 6.45) is 6.32. The minimum absolute atomic E-state index is 0.0555. The maximum absolute atomic E-state index is 13.7. The van der Waals surface area contributed by atoms with E-state index in [0.717, 1.165) is 68.8 Å². The third kappa shape index (κ3) is 6.19. The van der Waals surface area contributed by atoms with Crippen LogP contribution in [0.5, 0.6) is 0 Å². The molecule has 0 aromatic heterocycles. The van der Waals surface area contributed by atoms with Crippen molar-refractivity contribution in [3.63, 3.8) is 0 Å². The van der Waals surface area contributed by atoms with E-state index in [1.54, 1.807) is 0 Å². The largest absolute Gasteiger partial charge is 0.458 e. The summed E-state index contributed by atoms with van der Waals surface area (Å²) in [4.78, 5) is 27.5. The lowest BCUT2D eigenvalue weighted by Gasteiger charge is -2.36. The predicted molar refractivity (Wildman–Crippen MR) is 198 cm³/mol. The van der Waals surface area contributed by atoms with Gasteiger partial charge in [-0.05, 0) is 129 Å². The van der Waals surface area contributed by atoms with Crippen molar-refractivity contribution < 1.29 is 19.1 Å². The van der Waals surface area contributed by atoms with Crippen LogP contribution in [-0.2, 0) is 9.47 Å². The molecule has 0 aliphatic heterocycles. The quantitative estimate of drug-likeness (QED) is 0.137. The molecule has 0 heterocycles. The number of hydrogen-bond acceptors (Lipinski definition) is 4. The highest BCUT2D eigenvalue weighted by Crippen LogP contribution is 2.40. The number of carbonyl (C=O) groups excluding carboxylic acids is 2. The molecule has 48 heavy (non-hydrogen) atoms. The summed E-state index contributed by atoms with van der Waals surface area (Å²) in [6, 6.07) is 24.8. The van der Waals surface area contributed by atoms with Crippen LogP contribution in [-0.4, -0.2) is 24.1 Å². The van der Waals surface area contributed by atoms with Crippen LogP contribution in [0.25, 0.3) is 43.1 Å². The molecule has 7 rings (SSSR count). The maximum atomic E-state index is 13.7. The number of hydrogen-bond donors (Lipinski definition) is 0. The van der Waals surface area contributed by atoms with Crippen molar-refractivity contribution >= 4 is 55.0 Å². The Morgan fingerprint density at radius 3 is 1.27 bits per heavy atom. The van der Waals surface area contributed by atoms with Gasteiger partial charge in [0.25, 0.3) is 0 Å². The molecule has 0 saturated heterocycles. The Morgan fingerprint density at radius 1 is 0.542 bits per heavy atom. The minimum atomic E-state index is -0.245. The first kappa shape index (κ1) is 32.6. The van der Waals surface area contributed by atoms with E-state index in [2.05, 4.69) is 77.9 Å². The Balaban J connectivity index is 1.30. The Morgan fingerprint density at radius 2 is 0.896 bits per heavy atom. The third-order valence-corrected chi connectivity index (χ3v) is 11.7. The summed E-state index contributed by atoms with van der Waals surface area (Å²) in [5.41, 5.74) is 1.16. The molecule has 2 aliphatic rings. The number of rotatable bonds is 6. The third-order valence-electron chi connectivity index (χ3n) is 11.7. The van der Waals surface area contributed by atoms with E-state index in [0.29, 0.717) is 46.6 Å². The van der Waals surface area contributed by atoms with Gasteiger partial charge in [-0.3, -0.25) is 0 Å². The van der Waals surface area contributed by atoms with Gasteiger partial charge in [0.1, 0.15) is 12.2 Å². The molecule has 0 bridgehead atoms. The van der Waals surface area contributed by atoms with Gasteiger partial charge in [-0.1, -0.05) is 103 Å². The first-order valence-corrected chi connectivity index (χ1v) is 18.3. The Bertz CT molecular complexity index is 1850. The molecule has 0 unspecified atom stereocenters. The normalized spacial score (nSPS) is 24.9. The molecule has 2 aliphatic carbocycles. The van der Waals surface area contributed by atoms with Gasteiger partial charge in [0.05, 0.1) is 11.1 Å². The van der Waals surface area contributed by atoms with Crippen LogP contribution in [0.3, 0.4) is 0 Å². The number of carbonyl (C=O) groups is 2. The summed E-state index contributed by atoms with van der Waals surface area (Å²) >= 11 is 0. The number of esters is 2. The van der Waals surface area contributed by atoms with E-state index in [9.17, 15) is 9.59 Å². The smallest absolute Gasteiger partial charge is 0.338 e. The predicted octanol–water partition coefficient (Wildman–Crippen LogP) is 11.5. The lowest BCUT2D eigenvalue weighted by Crippen LogP contribution is -2.35. The molecule has 2 saturated carbocycles. The van der Waals surface area contributed by atoms with Crippen LogP contribution < -0.4 is 0 Å². The zero-order valence-electron chi connectivity index (χ0n) is 29.4. The number of ether oxygens (including phenoxy) is 2. The van der Waals surface area contributed by atoms with Gasteiger partial charge < -0.3 is 9.47 Å². The average Bonchev–Trinajstić information content (AvgIpc) is 3.07. The van der Waals surface area contributed by atoms with Crippen LogP contribution in [0.15, 0.2) is 72.8 Å². The molecule has 250 valence electrons. The summed E-state index contributed by atoms with van der Waals surface area (Å²) in [7, 11) is 0. The first-order chi connectivity index (χ1) is 23.1. The van der Waals surface area contributed by atoms with Gasteiger partial charge in [0.15, 0.2) is 0 Å². The molecule has 2 fully saturated rings. The topological polar surface area (TPSA) is 52.6 Å². The lowest BCUT2D eigenvalue weighted by atomic mass is 9.75. The van der Waals surface area contributed by atoms with Crippen LogP contribution in [0.2, 0.25) is 0 Å². The number of fused-ring (bicyclic) bond motifs is 7. The van der Waals surface area contributed by atoms with Crippen molar-refractivity contribution in [3.05, 3.63) is 83.9 Å². The Labute approximate surface area is 285 Å². The average molecular weight is 643 g/mol. The zero-order valence-corrected chi connectivity index (χ0v) is 29.4. The van der Waals surface area contributed by atoms with Gasteiger partial charge in [-0.15, -0.1) is 0 Å². The van der Waals surface area contributed by atoms with Crippen molar-refractivity contribution in [2.24, 2.45) is 35.5 Å². The first-order valence-electron chi connectivity index (χ1n) is 18.3. The molecule has 6 atom stereocenters. The van der Waals surface area contributed by atoms with Crippen LogP contribution in [0, 0.1) is 35.5 Å². The molecular formula is C44H50O4. The lowest BCUT2D eigenvalue weighted by molar-refractivity contribution is -0.0181. The maximum Gasteiger partial charge on any atom is 0.338 e. The molecule has 0 N–H and O–H groups in total. The zero-order chi connectivity index (χ0) is 33.7. The van der Waals surface area contributed by atoms with E-state index in [1.807, 2.05) is 36.4 Å². The summed E-state index contributed by atoms with van der Waals surface area (Å²) < 4.78 is 12.6. The van der Waals surface area contributed by atoms with Crippen molar-refractivity contribution in [1.82, 2.24) is 0 Å². The fraction of sp³-hybridized carbons (Fsp3) is 0.455. The summed E-state index contributed by atoms with van der Waals surface area (Å²) in [5.74, 6) is 2.35. The van der Waals surface area contributed by atoms with Gasteiger partial charge in [0, 0.05) is 0 Å². The van der Waals surface area contributed by atoms with Crippen molar-refractivity contribution in [3.8, 4) is 0 Å². The van der Waals surface area contributed by atoms with Gasteiger partial charge in [0.2, 0.25) is 0 Å². The van der Waals surface area contributed by atoms with Crippen LogP contribution in [0.1, 0.15) is 101 Å². The molecule has 5 aromatic carbocycles. The van der Waals surface area contributed by atoms with Crippen LogP contribution in [0.4, 0.5) is 0 Å². The van der Waals surface area contributed by atoms with E-state index in [4.69, 9.17) is 9.47 Å². The standard InChI is InChI=1S/C44H50O4/c1-25(2)35-19-7-27(5)21-39(35)47-43(45)33-17-11-29-9-13-31-15-16-32-14-10-30-12-18-34(24-38(30)42(32)41(31)37(29)23-33)44(46)48-40-22-28(6)8-20-36(40)26(3)4/h9-18,23-28,35-36,39-40H,7-8,19-22H2,1-6H3/t27-,28-,35+,36+,39-,40-/m1/s1. The summed E-state index contributed by atoms with van der Waals surface area (Å²) in [5, 5.41) is 8.53. The second kappa shape index (κ2) is 13.2. The molecule has 0 amide bonds. The molecule has 4 heteroatoms. The fourth-order valence-electron chi connectivity index (χ4n) is 8.85. The molecule has 0 radical (unpaired) electrons. The molecular weight excluding hydrogens is 592 g/mol. The minimum Gasteiger partial charge on any atom is -0.458 e. The van der Waals surface area contributed by atoms with Crippen molar-refractivity contribution in [2.45, 2.75) is 92.3 Å². The molecule has 5 aromatic rings. The highest BCUT2D eigenvalue weighted by molar-refractivity contribution is 6.28. The highest BCUT2D eigenvalue weighted by Gasteiger charge is 2.35. The van der Waals surface area contributed by atoms with Gasteiger partial charge in [-0.25, -0.2) is 9.59 Å². The van der Waals surface area contributed by atoms with Crippen molar-refractivity contribution in [2.75, 3.05) is 0 Å². The fourth-order valence-corrected chi connectivity index (χ4v) is 8.85. The molecule has 0 spiro atoms. The highest BCUT2D eigenvalue weighted by atomic mass is 16.5. The van der Waals surface area contributed by atoms with E-state index in [-0.39, 0.29) is 24.1 Å². The molecule has 4 nitrogen and oxygen atoms in total. The van der Waals surface area contributed by atoms with E-state index >= 15 is 0 Å². The Kier molecular flexibility index (Phi) is 8.96.